The van der Waals surface area contributed by atoms with Gasteiger partial charge < -0.3 is 14.9 Å². The summed E-state index contributed by atoms with van der Waals surface area (Å²) < 4.78 is 5.46. The van der Waals surface area contributed by atoms with Crippen molar-refractivity contribution >= 4 is 17.8 Å². The predicted octanol–water partition coefficient (Wildman–Crippen LogP) is 2.71. The Labute approximate surface area is 119 Å². The first-order chi connectivity index (χ1) is 10.1. The van der Waals surface area contributed by atoms with Crippen LogP contribution >= 0.6 is 0 Å². The van der Waals surface area contributed by atoms with Gasteiger partial charge in [0.1, 0.15) is 17.1 Å². The average molecular weight is 282 g/mol. The zero-order valence-electron chi connectivity index (χ0n) is 10.7. The van der Waals surface area contributed by atoms with Crippen LogP contribution in [-0.4, -0.2) is 22.0 Å². The highest BCUT2D eigenvalue weighted by Gasteiger charge is 2.26. The van der Waals surface area contributed by atoms with Crippen LogP contribution in [0.15, 0.2) is 48.2 Å². The molecule has 1 aliphatic rings. The molecule has 0 saturated heterocycles. The number of carboxylic acids is 1. The second-order valence-electron chi connectivity index (χ2n) is 4.52. The number of benzene rings is 2. The molecule has 0 unspecified atom stereocenters. The summed E-state index contributed by atoms with van der Waals surface area (Å²) in [5.74, 6) is -1.22. The van der Waals surface area contributed by atoms with Crippen LogP contribution in [-0.2, 0) is 0 Å². The van der Waals surface area contributed by atoms with E-state index in [2.05, 4.69) is 0 Å². The number of fused-ring (bicyclic) bond motifs is 1. The number of ketones is 1. The third-order valence-corrected chi connectivity index (χ3v) is 3.12. The molecule has 0 saturated carbocycles. The molecular formula is C16H10O5. The Morgan fingerprint density at radius 2 is 1.90 bits per heavy atom. The van der Waals surface area contributed by atoms with Crippen LogP contribution < -0.4 is 4.74 Å². The Morgan fingerprint density at radius 1 is 1.14 bits per heavy atom. The Morgan fingerprint density at radius 3 is 2.62 bits per heavy atom. The van der Waals surface area contributed by atoms with Crippen molar-refractivity contribution in [2.24, 2.45) is 0 Å². The number of aromatic hydroxyl groups is 1. The number of carbonyl (C=O) groups excluding carboxylic acids is 1. The van der Waals surface area contributed by atoms with Crippen LogP contribution in [0.4, 0.5) is 0 Å². The summed E-state index contributed by atoms with van der Waals surface area (Å²) in [6, 6.07) is 10.9. The number of carbonyl (C=O) groups is 2. The second-order valence-corrected chi connectivity index (χ2v) is 4.52. The summed E-state index contributed by atoms with van der Waals surface area (Å²) in [6.07, 6.45) is 1.45. The van der Waals surface area contributed by atoms with Gasteiger partial charge in [0, 0.05) is 0 Å². The molecule has 0 aliphatic carbocycles. The number of hydrogen-bond donors (Lipinski definition) is 2. The molecular weight excluding hydrogens is 272 g/mol. The molecule has 0 amide bonds. The Hall–Kier alpha value is -3.08. The standard InChI is InChI=1S/C16H10O5/c17-12-6-5-9(7-11(12)16(19)20)8-14-15(18)10-3-1-2-4-13(10)21-14/h1-8,17H,(H,19,20)/b14-8-. The summed E-state index contributed by atoms with van der Waals surface area (Å²) in [4.78, 5) is 23.1. The lowest BCUT2D eigenvalue weighted by molar-refractivity contribution is 0.0693. The highest BCUT2D eigenvalue weighted by Crippen LogP contribution is 2.31. The largest absolute Gasteiger partial charge is 0.507 e. The van der Waals surface area contributed by atoms with Crippen molar-refractivity contribution in [2.75, 3.05) is 0 Å². The van der Waals surface area contributed by atoms with Gasteiger partial charge in [-0.1, -0.05) is 18.2 Å². The lowest BCUT2D eigenvalue weighted by atomic mass is 10.1. The van der Waals surface area contributed by atoms with Gasteiger partial charge in [0.05, 0.1) is 5.56 Å². The number of ether oxygens (including phenoxy) is 1. The number of carboxylic acid groups (broad SMARTS) is 1. The predicted molar refractivity (Wildman–Crippen MR) is 74.4 cm³/mol. The molecule has 2 aromatic rings. The number of aromatic carboxylic acids is 1. The smallest absolute Gasteiger partial charge is 0.339 e. The maximum absolute atomic E-state index is 12.1. The quantitative estimate of drug-likeness (QED) is 0.827. The maximum atomic E-state index is 12.1. The molecule has 1 heterocycles. The van der Waals surface area contributed by atoms with Crippen LogP contribution in [0.1, 0.15) is 26.3 Å². The first-order valence-corrected chi connectivity index (χ1v) is 6.16. The van der Waals surface area contributed by atoms with Crippen molar-refractivity contribution in [3.63, 3.8) is 0 Å². The van der Waals surface area contributed by atoms with E-state index in [1.807, 2.05) is 0 Å². The number of rotatable bonds is 2. The minimum absolute atomic E-state index is 0.123. The van der Waals surface area contributed by atoms with Gasteiger partial charge in [-0.15, -0.1) is 0 Å². The third kappa shape index (κ3) is 2.25. The van der Waals surface area contributed by atoms with Gasteiger partial charge in [-0.05, 0) is 35.9 Å². The fourth-order valence-corrected chi connectivity index (χ4v) is 2.10. The van der Waals surface area contributed by atoms with Gasteiger partial charge in [-0.3, -0.25) is 4.79 Å². The van der Waals surface area contributed by atoms with Gasteiger partial charge in [0.15, 0.2) is 5.76 Å². The summed E-state index contributed by atoms with van der Waals surface area (Å²) >= 11 is 0. The zero-order chi connectivity index (χ0) is 15.0. The fourth-order valence-electron chi connectivity index (χ4n) is 2.10. The van der Waals surface area contributed by atoms with Crippen LogP contribution in [0.2, 0.25) is 0 Å². The van der Waals surface area contributed by atoms with Crippen molar-refractivity contribution in [3.05, 3.63) is 64.9 Å². The van der Waals surface area contributed by atoms with E-state index in [1.165, 1.54) is 24.3 Å². The van der Waals surface area contributed by atoms with Crippen LogP contribution in [0.5, 0.6) is 11.5 Å². The Bertz CT molecular complexity index is 789. The van der Waals surface area contributed by atoms with Crippen molar-refractivity contribution in [3.8, 4) is 11.5 Å². The lowest BCUT2D eigenvalue weighted by Crippen LogP contribution is -2.00. The Balaban J connectivity index is 2.00. The van der Waals surface area contributed by atoms with E-state index in [0.717, 1.165) is 0 Å². The molecule has 2 N–H and O–H groups in total. The van der Waals surface area contributed by atoms with E-state index in [1.54, 1.807) is 24.3 Å². The second kappa shape index (κ2) is 4.79. The fraction of sp³-hybridized carbons (Fsp3) is 0. The van der Waals surface area contributed by atoms with Crippen molar-refractivity contribution in [1.29, 1.82) is 0 Å². The van der Waals surface area contributed by atoms with E-state index in [9.17, 15) is 14.7 Å². The van der Waals surface area contributed by atoms with Gasteiger partial charge in [-0.2, -0.15) is 0 Å². The monoisotopic (exact) mass is 282 g/mol. The molecule has 1 aliphatic heterocycles. The molecule has 0 spiro atoms. The molecule has 21 heavy (non-hydrogen) atoms. The highest BCUT2D eigenvalue weighted by molar-refractivity contribution is 6.14. The first-order valence-electron chi connectivity index (χ1n) is 6.16. The topological polar surface area (TPSA) is 83.8 Å². The molecule has 0 aromatic heterocycles. The first kappa shape index (κ1) is 12.9. The Kier molecular flexibility index (Phi) is 2.95. The summed E-state index contributed by atoms with van der Waals surface area (Å²) in [7, 11) is 0. The summed E-state index contributed by atoms with van der Waals surface area (Å²) in [5.41, 5.74) is 0.703. The number of phenols is 1. The van der Waals surface area contributed by atoms with Crippen molar-refractivity contribution < 1.29 is 24.5 Å². The molecule has 5 nitrogen and oxygen atoms in total. The highest BCUT2D eigenvalue weighted by atomic mass is 16.5. The van der Waals surface area contributed by atoms with Gasteiger partial charge in [0.25, 0.3) is 0 Å². The number of allylic oxidation sites excluding steroid dienone is 1. The molecule has 0 fully saturated rings. The van der Waals surface area contributed by atoms with Crippen LogP contribution in [0.25, 0.3) is 6.08 Å². The normalized spacial score (nSPS) is 14.9. The number of hydrogen-bond acceptors (Lipinski definition) is 4. The molecule has 0 radical (unpaired) electrons. The van der Waals surface area contributed by atoms with E-state index >= 15 is 0 Å². The van der Waals surface area contributed by atoms with Crippen LogP contribution in [0.3, 0.4) is 0 Å². The summed E-state index contributed by atoms with van der Waals surface area (Å²) in [5, 5.41) is 18.4. The van der Waals surface area contributed by atoms with Gasteiger partial charge >= 0.3 is 5.97 Å². The molecule has 5 heteroatoms. The number of Topliss-reactive ketones (excluding diaryl/α,β-unsaturated/α-hetero) is 1. The lowest BCUT2D eigenvalue weighted by Gasteiger charge is -2.02. The molecule has 0 bridgehead atoms. The zero-order valence-corrected chi connectivity index (χ0v) is 10.7. The van der Waals surface area contributed by atoms with Crippen LogP contribution in [0, 0.1) is 0 Å². The van der Waals surface area contributed by atoms with Crippen molar-refractivity contribution in [1.82, 2.24) is 0 Å². The molecule has 104 valence electrons. The third-order valence-electron chi connectivity index (χ3n) is 3.12. The minimum atomic E-state index is -1.24. The van der Waals surface area contributed by atoms with E-state index < -0.39 is 5.97 Å². The average Bonchev–Trinajstić information content (AvgIpc) is 2.78. The van der Waals surface area contributed by atoms with Gasteiger partial charge in [-0.25, -0.2) is 4.79 Å². The minimum Gasteiger partial charge on any atom is -0.507 e. The SMILES string of the molecule is O=C(O)c1cc(/C=C2\Oc3ccccc3C2=O)ccc1O. The maximum Gasteiger partial charge on any atom is 0.339 e. The number of para-hydroxylation sites is 1. The van der Waals surface area contributed by atoms with E-state index in [-0.39, 0.29) is 22.9 Å². The molecule has 0 atom stereocenters. The molecule has 3 rings (SSSR count). The van der Waals surface area contributed by atoms with Crippen molar-refractivity contribution in [2.45, 2.75) is 0 Å². The molecule has 2 aromatic carbocycles. The summed E-state index contributed by atoms with van der Waals surface area (Å²) in [6.45, 7) is 0. The van der Waals surface area contributed by atoms with E-state index in [4.69, 9.17) is 9.84 Å². The van der Waals surface area contributed by atoms with Gasteiger partial charge in [0.2, 0.25) is 5.78 Å². The van der Waals surface area contributed by atoms with E-state index in [0.29, 0.717) is 16.9 Å².